The number of nitro groups is 1. The Hall–Kier alpha value is -2.07. The fraction of sp³-hybridized carbons (Fsp3) is 0.364. The number of nitrogens with zero attached hydrogens (tertiary/aromatic N) is 1. The zero-order valence-corrected chi connectivity index (χ0v) is 11.7. The van der Waals surface area contributed by atoms with Crippen molar-refractivity contribution in [2.24, 2.45) is 0 Å². The minimum absolute atomic E-state index is 0.0124. The highest BCUT2D eigenvalue weighted by Crippen LogP contribution is 2.25. The van der Waals surface area contributed by atoms with Crippen LogP contribution in [-0.4, -0.2) is 31.8 Å². The molecule has 0 aromatic heterocycles. The third-order valence-corrected chi connectivity index (χ3v) is 4.52. The minimum atomic E-state index is -4.08. The van der Waals surface area contributed by atoms with E-state index in [0.717, 1.165) is 6.07 Å². The van der Waals surface area contributed by atoms with Gasteiger partial charge in [0.1, 0.15) is 0 Å². The van der Waals surface area contributed by atoms with Crippen molar-refractivity contribution in [3.8, 4) is 0 Å². The Morgan fingerprint density at radius 2 is 2.14 bits per heavy atom. The van der Waals surface area contributed by atoms with Crippen LogP contribution in [-0.2, 0) is 14.8 Å². The SMILES string of the molecule is Cc1cc(S(=O)(=O)NC2CNC(=O)C2)cc([N+](=O)[O-])c1F. The molecule has 1 amide bonds. The molecule has 1 aromatic carbocycles. The maximum absolute atomic E-state index is 13.6. The molecule has 1 aromatic rings. The van der Waals surface area contributed by atoms with Gasteiger partial charge in [0.05, 0.1) is 9.82 Å². The zero-order chi connectivity index (χ0) is 15.8. The molecule has 0 spiro atoms. The molecule has 0 aliphatic carbocycles. The minimum Gasteiger partial charge on any atom is -0.354 e. The monoisotopic (exact) mass is 317 g/mol. The Balaban J connectivity index is 2.36. The van der Waals surface area contributed by atoms with Crippen molar-refractivity contribution in [3.63, 3.8) is 0 Å². The first-order valence-electron chi connectivity index (χ1n) is 5.94. The summed E-state index contributed by atoms with van der Waals surface area (Å²) in [5.41, 5.74) is -1.05. The predicted octanol–water partition coefficient (Wildman–Crippen LogP) is 0.209. The molecule has 2 rings (SSSR count). The van der Waals surface area contributed by atoms with Crippen LogP contribution in [0.15, 0.2) is 17.0 Å². The Labute approximate surface area is 119 Å². The van der Waals surface area contributed by atoms with Gasteiger partial charge in [0.25, 0.3) is 0 Å². The molecule has 21 heavy (non-hydrogen) atoms. The van der Waals surface area contributed by atoms with Crippen molar-refractivity contribution in [3.05, 3.63) is 33.6 Å². The molecule has 1 aliphatic heterocycles. The number of nitro benzene ring substituents is 1. The third-order valence-electron chi connectivity index (χ3n) is 3.02. The van der Waals surface area contributed by atoms with Crippen molar-refractivity contribution in [1.82, 2.24) is 10.0 Å². The van der Waals surface area contributed by atoms with Gasteiger partial charge in [0.2, 0.25) is 21.7 Å². The number of hydrogen-bond acceptors (Lipinski definition) is 5. The molecule has 1 unspecified atom stereocenters. The summed E-state index contributed by atoms with van der Waals surface area (Å²) >= 11 is 0. The van der Waals surface area contributed by atoms with Crippen molar-refractivity contribution in [1.29, 1.82) is 0 Å². The molecule has 1 saturated heterocycles. The number of halogens is 1. The molecule has 1 fully saturated rings. The van der Waals surface area contributed by atoms with Gasteiger partial charge in [-0.25, -0.2) is 13.1 Å². The van der Waals surface area contributed by atoms with Gasteiger partial charge in [-0.15, -0.1) is 0 Å². The lowest BCUT2D eigenvalue weighted by Crippen LogP contribution is -2.36. The molecule has 0 radical (unpaired) electrons. The molecule has 1 atom stereocenters. The molecule has 1 aliphatic rings. The molecular formula is C11H12FN3O5S. The van der Waals surface area contributed by atoms with Gasteiger partial charge < -0.3 is 5.32 Å². The van der Waals surface area contributed by atoms with Gasteiger partial charge in [-0.05, 0) is 18.6 Å². The second-order valence-electron chi connectivity index (χ2n) is 4.66. The lowest BCUT2D eigenvalue weighted by molar-refractivity contribution is -0.387. The van der Waals surface area contributed by atoms with Crippen molar-refractivity contribution >= 4 is 21.6 Å². The number of amides is 1. The number of aryl methyl sites for hydroxylation is 1. The summed E-state index contributed by atoms with van der Waals surface area (Å²) in [6.45, 7) is 1.38. The van der Waals surface area contributed by atoms with Gasteiger partial charge in [-0.1, -0.05) is 0 Å². The van der Waals surface area contributed by atoms with Crippen LogP contribution in [0.25, 0.3) is 0 Å². The van der Waals surface area contributed by atoms with Crippen LogP contribution in [0.5, 0.6) is 0 Å². The van der Waals surface area contributed by atoms with E-state index < -0.39 is 37.4 Å². The first-order chi connectivity index (χ1) is 9.70. The predicted molar refractivity (Wildman–Crippen MR) is 69.5 cm³/mol. The first kappa shape index (κ1) is 15.3. The lowest BCUT2D eigenvalue weighted by atomic mass is 10.2. The van der Waals surface area contributed by atoms with Gasteiger partial charge in [0.15, 0.2) is 0 Å². The smallest absolute Gasteiger partial charge is 0.306 e. The summed E-state index contributed by atoms with van der Waals surface area (Å²) in [5.74, 6) is -1.36. The average Bonchev–Trinajstić information content (AvgIpc) is 2.76. The second kappa shape index (κ2) is 5.37. The lowest BCUT2D eigenvalue weighted by Gasteiger charge is -2.12. The Morgan fingerprint density at radius 1 is 1.48 bits per heavy atom. The maximum atomic E-state index is 13.6. The highest BCUT2D eigenvalue weighted by Gasteiger charge is 2.29. The van der Waals surface area contributed by atoms with E-state index in [1.54, 1.807) is 0 Å². The van der Waals surface area contributed by atoms with E-state index in [2.05, 4.69) is 10.0 Å². The molecule has 114 valence electrons. The van der Waals surface area contributed by atoms with Crippen molar-refractivity contribution < 1.29 is 22.5 Å². The quantitative estimate of drug-likeness (QED) is 0.608. The Morgan fingerprint density at radius 3 is 2.67 bits per heavy atom. The van der Waals surface area contributed by atoms with Gasteiger partial charge in [0, 0.05) is 25.1 Å². The highest BCUT2D eigenvalue weighted by atomic mass is 32.2. The summed E-state index contributed by atoms with van der Waals surface area (Å²) in [6, 6.07) is 1.04. The largest absolute Gasteiger partial charge is 0.354 e. The Kier molecular flexibility index (Phi) is 3.92. The summed E-state index contributed by atoms with van der Waals surface area (Å²) < 4.78 is 40.1. The van der Waals surface area contributed by atoms with Crippen LogP contribution in [0.1, 0.15) is 12.0 Å². The summed E-state index contributed by atoms with van der Waals surface area (Å²) in [4.78, 5) is 20.4. The number of benzene rings is 1. The summed E-state index contributed by atoms with van der Waals surface area (Å²) in [6.07, 6.45) is -0.0124. The first-order valence-corrected chi connectivity index (χ1v) is 7.42. The van der Waals surface area contributed by atoms with Gasteiger partial charge in [-0.3, -0.25) is 14.9 Å². The zero-order valence-electron chi connectivity index (χ0n) is 10.9. The second-order valence-corrected chi connectivity index (χ2v) is 6.37. The average molecular weight is 317 g/mol. The van der Waals surface area contributed by atoms with Crippen LogP contribution in [0.4, 0.5) is 10.1 Å². The summed E-state index contributed by atoms with van der Waals surface area (Å²) in [7, 11) is -4.08. The van der Waals surface area contributed by atoms with E-state index in [9.17, 15) is 27.7 Å². The number of rotatable bonds is 4. The number of nitrogens with one attached hydrogen (secondary N) is 2. The summed E-state index contributed by atoms with van der Waals surface area (Å²) in [5, 5.41) is 13.2. The Bertz CT molecular complexity index is 719. The van der Waals surface area contributed by atoms with E-state index in [1.807, 2.05) is 0 Å². The number of carbonyl (C=O) groups is 1. The van der Waals surface area contributed by atoms with Crippen LogP contribution < -0.4 is 10.0 Å². The number of sulfonamides is 1. The van der Waals surface area contributed by atoms with E-state index in [-0.39, 0.29) is 24.4 Å². The van der Waals surface area contributed by atoms with Crippen molar-refractivity contribution in [2.45, 2.75) is 24.3 Å². The highest BCUT2D eigenvalue weighted by molar-refractivity contribution is 7.89. The standard InChI is InChI=1S/C11H12FN3O5S/c1-6-2-8(4-9(11(6)12)15(17)18)21(19,20)14-7-3-10(16)13-5-7/h2,4,7,14H,3,5H2,1H3,(H,13,16). The number of hydrogen-bond donors (Lipinski definition) is 2. The third kappa shape index (κ3) is 3.16. The van der Waals surface area contributed by atoms with Crippen molar-refractivity contribution in [2.75, 3.05) is 6.54 Å². The fourth-order valence-corrected chi connectivity index (χ4v) is 3.32. The maximum Gasteiger partial charge on any atom is 0.306 e. The molecule has 10 heteroatoms. The van der Waals surface area contributed by atoms with E-state index in [0.29, 0.717) is 6.07 Å². The molecule has 2 N–H and O–H groups in total. The molecular weight excluding hydrogens is 305 g/mol. The van der Waals surface area contributed by atoms with Gasteiger partial charge in [-0.2, -0.15) is 4.39 Å². The van der Waals surface area contributed by atoms with E-state index in [1.165, 1.54) is 6.92 Å². The topological polar surface area (TPSA) is 118 Å². The van der Waals surface area contributed by atoms with E-state index in [4.69, 9.17) is 0 Å². The van der Waals surface area contributed by atoms with Crippen LogP contribution in [0.3, 0.4) is 0 Å². The van der Waals surface area contributed by atoms with Crippen LogP contribution in [0.2, 0.25) is 0 Å². The van der Waals surface area contributed by atoms with Crippen LogP contribution >= 0.6 is 0 Å². The molecule has 0 saturated carbocycles. The van der Waals surface area contributed by atoms with Crippen LogP contribution in [0, 0.1) is 22.9 Å². The van der Waals surface area contributed by atoms with E-state index >= 15 is 0 Å². The number of carbonyl (C=O) groups excluding carboxylic acids is 1. The molecule has 1 heterocycles. The fourth-order valence-electron chi connectivity index (χ4n) is 1.98. The molecule has 0 bridgehead atoms. The van der Waals surface area contributed by atoms with Gasteiger partial charge >= 0.3 is 5.69 Å². The molecule has 8 nitrogen and oxygen atoms in total. The normalized spacial score (nSPS) is 18.6.